The Morgan fingerprint density at radius 2 is 1.77 bits per heavy atom. The van der Waals surface area contributed by atoms with Gasteiger partial charge in [-0.25, -0.2) is 0 Å². The molecule has 0 spiro atoms. The number of halogens is 1. The van der Waals surface area contributed by atoms with E-state index in [0.29, 0.717) is 11.8 Å². The van der Waals surface area contributed by atoms with Crippen molar-refractivity contribution in [1.29, 1.82) is 0 Å². The fourth-order valence-electron chi connectivity index (χ4n) is 1.70. The van der Waals surface area contributed by atoms with Gasteiger partial charge in [-0.1, -0.05) is 44.2 Å². The largest absolute Gasteiger partial charge is 0.127 e. The predicted octanol–water partition coefficient (Wildman–Crippen LogP) is 4.06. The van der Waals surface area contributed by atoms with Crippen LogP contribution in [0, 0.1) is 5.92 Å². The van der Waals surface area contributed by atoms with Crippen LogP contribution in [0.2, 0.25) is 0 Å². The van der Waals surface area contributed by atoms with Gasteiger partial charge in [0.15, 0.2) is 0 Å². The molecule has 0 radical (unpaired) electrons. The highest BCUT2D eigenvalue weighted by Crippen LogP contribution is 2.27. The van der Waals surface area contributed by atoms with Crippen molar-refractivity contribution in [3.8, 4) is 0 Å². The van der Waals surface area contributed by atoms with E-state index in [-0.39, 0.29) is 0 Å². The van der Waals surface area contributed by atoms with E-state index < -0.39 is 0 Å². The summed E-state index contributed by atoms with van der Waals surface area (Å²) in [6.45, 7) is 4.51. The molecule has 13 heavy (non-hydrogen) atoms. The van der Waals surface area contributed by atoms with Crippen LogP contribution in [-0.4, -0.2) is 5.88 Å². The molecule has 0 heterocycles. The van der Waals surface area contributed by atoms with Crippen LogP contribution >= 0.6 is 11.6 Å². The zero-order chi connectivity index (χ0) is 9.68. The molecule has 1 aromatic carbocycles. The van der Waals surface area contributed by atoms with Gasteiger partial charge in [-0.15, -0.1) is 11.6 Å². The van der Waals surface area contributed by atoms with Gasteiger partial charge in [0.1, 0.15) is 0 Å². The van der Waals surface area contributed by atoms with E-state index in [9.17, 15) is 0 Å². The molecule has 1 aromatic rings. The van der Waals surface area contributed by atoms with Crippen molar-refractivity contribution in [1.82, 2.24) is 0 Å². The number of hydrogen-bond acceptors (Lipinski definition) is 0. The van der Waals surface area contributed by atoms with Crippen LogP contribution in [0.25, 0.3) is 0 Å². The third-order valence-electron chi connectivity index (χ3n) is 2.45. The normalized spacial score (nSPS) is 13.2. The molecule has 0 saturated heterocycles. The van der Waals surface area contributed by atoms with Crippen molar-refractivity contribution in [3.05, 3.63) is 35.9 Å². The zero-order valence-electron chi connectivity index (χ0n) is 8.33. The summed E-state index contributed by atoms with van der Waals surface area (Å²) in [6, 6.07) is 10.6. The van der Waals surface area contributed by atoms with Gasteiger partial charge in [0.05, 0.1) is 0 Å². The van der Waals surface area contributed by atoms with E-state index in [1.165, 1.54) is 5.56 Å². The first-order valence-corrected chi connectivity index (χ1v) is 5.40. The summed E-state index contributed by atoms with van der Waals surface area (Å²) in [5.41, 5.74) is 1.41. The van der Waals surface area contributed by atoms with Crippen LogP contribution in [0.5, 0.6) is 0 Å². The highest BCUT2D eigenvalue weighted by molar-refractivity contribution is 6.17. The van der Waals surface area contributed by atoms with Crippen LogP contribution in [-0.2, 0) is 0 Å². The summed E-state index contributed by atoms with van der Waals surface area (Å²) in [5.74, 6) is 2.03. The molecular formula is C12H17Cl. The first-order valence-electron chi connectivity index (χ1n) is 4.86. The van der Waals surface area contributed by atoms with E-state index >= 15 is 0 Å². The molecule has 0 aromatic heterocycles. The first-order chi connectivity index (χ1) is 6.25. The molecular weight excluding hydrogens is 180 g/mol. The van der Waals surface area contributed by atoms with Crippen molar-refractivity contribution < 1.29 is 0 Å². The van der Waals surface area contributed by atoms with Crippen LogP contribution in [0.3, 0.4) is 0 Å². The van der Waals surface area contributed by atoms with Crippen LogP contribution in [0.4, 0.5) is 0 Å². The van der Waals surface area contributed by atoms with E-state index in [1.807, 2.05) is 0 Å². The zero-order valence-corrected chi connectivity index (χ0v) is 9.09. The molecule has 0 bridgehead atoms. The van der Waals surface area contributed by atoms with Crippen molar-refractivity contribution in [2.24, 2.45) is 5.92 Å². The van der Waals surface area contributed by atoms with Crippen LogP contribution in [0.1, 0.15) is 31.7 Å². The molecule has 0 fully saturated rings. The Morgan fingerprint density at radius 1 is 1.15 bits per heavy atom. The fourth-order valence-corrected chi connectivity index (χ4v) is 1.94. The van der Waals surface area contributed by atoms with Gasteiger partial charge in [0, 0.05) is 5.88 Å². The Kier molecular flexibility index (Phi) is 4.31. The lowest BCUT2D eigenvalue weighted by atomic mass is 9.86. The SMILES string of the molecule is CC(C)C(CCCl)c1ccccc1. The highest BCUT2D eigenvalue weighted by atomic mass is 35.5. The molecule has 0 aliphatic carbocycles. The van der Waals surface area contributed by atoms with Gasteiger partial charge < -0.3 is 0 Å². The van der Waals surface area contributed by atoms with Crippen molar-refractivity contribution in [3.63, 3.8) is 0 Å². The molecule has 0 aliphatic rings. The maximum atomic E-state index is 5.79. The average Bonchev–Trinajstić information content (AvgIpc) is 2.15. The molecule has 0 nitrogen and oxygen atoms in total. The lowest BCUT2D eigenvalue weighted by Crippen LogP contribution is -2.07. The fraction of sp³-hybridized carbons (Fsp3) is 0.500. The smallest absolute Gasteiger partial charge is 0.0229 e. The summed E-state index contributed by atoms with van der Waals surface area (Å²) < 4.78 is 0. The number of benzene rings is 1. The molecule has 0 aliphatic heterocycles. The average molecular weight is 197 g/mol. The number of rotatable bonds is 4. The molecule has 0 saturated carbocycles. The summed E-state index contributed by atoms with van der Waals surface area (Å²) in [4.78, 5) is 0. The van der Waals surface area contributed by atoms with Gasteiger partial charge in [-0.2, -0.15) is 0 Å². The van der Waals surface area contributed by atoms with E-state index in [4.69, 9.17) is 11.6 Å². The van der Waals surface area contributed by atoms with Gasteiger partial charge in [-0.05, 0) is 23.8 Å². The summed E-state index contributed by atoms with van der Waals surface area (Å²) >= 11 is 5.79. The third kappa shape index (κ3) is 3.04. The quantitative estimate of drug-likeness (QED) is 0.638. The van der Waals surface area contributed by atoms with E-state index in [0.717, 1.165) is 12.3 Å². The Labute approximate surface area is 85.9 Å². The Balaban J connectivity index is 2.76. The summed E-state index contributed by atoms with van der Waals surface area (Å²) in [5, 5.41) is 0. The minimum Gasteiger partial charge on any atom is -0.127 e. The van der Waals surface area contributed by atoms with Crippen LogP contribution < -0.4 is 0 Å². The van der Waals surface area contributed by atoms with Crippen LogP contribution in [0.15, 0.2) is 30.3 Å². The Bertz CT molecular complexity index is 228. The van der Waals surface area contributed by atoms with Gasteiger partial charge in [0.25, 0.3) is 0 Å². The molecule has 1 heteroatoms. The lowest BCUT2D eigenvalue weighted by molar-refractivity contribution is 0.487. The lowest BCUT2D eigenvalue weighted by Gasteiger charge is -2.19. The Hall–Kier alpha value is -0.490. The molecule has 1 rings (SSSR count). The third-order valence-corrected chi connectivity index (χ3v) is 2.67. The van der Waals surface area contributed by atoms with E-state index in [1.54, 1.807) is 0 Å². The topological polar surface area (TPSA) is 0 Å². The van der Waals surface area contributed by atoms with Crippen molar-refractivity contribution in [2.75, 3.05) is 5.88 Å². The first kappa shape index (κ1) is 10.6. The summed E-state index contributed by atoms with van der Waals surface area (Å²) in [6.07, 6.45) is 1.07. The Morgan fingerprint density at radius 3 is 2.23 bits per heavy atom. The van der Waals surface area contributed by atoms with Gasteiger partial charge in [0.2, 0.25) is 0 Å². The minimum absolute atomic E-state index is 0.610. The van der Waals surface area contributed by atoms with Crippen molar-refractivity contribution >= 4 is 11.6 Å². The van der Waals surface area contributed by atoms with Crippen molar-refractivity contribution in [2.45, 2.75) is 26.2 Å². The standard InChI is InChI=1S/C12H17Cl/c1-10(2)12(8-9-13)11-6-4-3-5-7-11/h3-7,10,12H,8-9H2,1-2H3. The summed E-state index contributed by atoms with van der Waals surface area (Å²) in [7, 11) is 0. The molecule has 0 N–H and O–H groups in total. The second-order valence-corrected chi connectivity index (χ2v) is 4.12. The van der Waals surface area contributed by atoms with Gasteiger partial charge >= 0.3 is 0 Å². The minimum atomic E-state index is 0.610. The predicted molar refractivity (Wildman–Crippen MR) is 59.4 cm³/mol. The van der Waals surface area contributed by atoms with Gasteiger partial charge in [-0.3, -0.25) is 0 Å². The molecule has 72 valence electrons. The molecule has 1 unspecified atom stereocenters. The molecule has 1 atom stereocenters. The number of hydrogen-bond donors (Lipinski definition) is 0. The monoisotopic (exact) mass is 196 g/mol. The molecule has 0 amide bonds. The second-order valence-electron chi connectivity index (χ2n) is 3.74. The number of alkyl halides is 1. The highest BCUT2D eigenvalue weighted by Gasteiger charge is 2.14. The second kappa shape index (κ2) is 5.29. The maximum Gasteiger partial charge on any atom is 0.0229 e. The maximum absolute atomic E-state index is 5.79. The van der Waals surface area contributed by atoms with E-state index in [2.05, 4.69) is 44.2 Å².